The fourth-order valence-electron chi connectivity index (χ4n) is 6.99. The van der Waals surface area contributed by atoms with Gasteiger partial charge in [-0.1, -0.05) is 42.5 Å². The van der Waals surface area contributed by atoms with Crippen molar-refractivity contribution in [1.82, 2.24) is 4.90 Å². The standard InChI is InChI=1S/C32H36N4O4S/c1-3-33(4-2)22-13-15-24(16-14-22)35-19-9-17-32-27(30(39)36(20-21-37)28(32)31(35)40)26-25(41-32)12-8-18-34(29(26)38)23-10-6-5-7-11-23/h5-17,25-28,37H,3-4,18-21H2,1-2H3/t25-,26+,27+,28?,32+/m1/s1. The van der Waals surface area contributed by atoms with Crippen molar-refractivity contribution in [3.8, 4) is 0 Å². The number of β-amino-alcohol motifs (C(OH)–C–C–N with tert-alkyl or cyclic N) is 1. The molecule has 41 heavy (non-hydrogen) atoms. The van der Waals surface area contributed by atoms with Crippen LogP contribution in [0.25, 0.3) is 0 Å². The van der Waals surface area contributed by atoms with E-state index in [1.54, 1.807) is 21.6 Å². The Hall–Kier alpha value is -3.56. The summed E-state index contributed by atoms with van der Waals surface area (Å²) in [5.41, 5.74) is 2.64. The van der Waals surface area contributed by atoms with Crippen molar-refractivity contribution in [3.63, 3.8) is 0 Å². The number of hydrogen-bond acceptors (Lipinski definition) is 6. The van der Waals surface area contributed by atoms with Gasteiger partial charge in [0.2, 0.25) is 11.8 Å². The number of thioether (sulfide) groups is 1. The monoisotopic (exact) mass is 572 g/mol. The Morgan fingerprint density at radius 2 is 1.54 bits per heavy atom. The van der Waals surface area contributed by atoms with Crippen molar-refractivity contribution >= 4 is 46.5 Å². The second-order valence-corrected chi connectivity index (χ2v) is 12.3. The third-order valence-corrected chi connectivity index (χ3v) is 10.6. The molecule has 0 aliphatic carbocycles. The molecule has 1 N–H and O–H groups in total. The lowest BCUT2D eigenvalue weighted by Crippen LogP contribution is -2.53. The number of hydrogen-bond donors (Lipinski definition) is 1. The van der Waals surface area contributed by atoms with Crippen LogP contribution in [0.4, 0.5) is 17.1 Å². The Kier molecular flexibility index (Phi) is 7.42. The molecule has 8 nitrogen and oxygen atoms in total. The molecule has 2 aromatic carbocycles. The van der Waals surface area contributed by atoms with Crippen LogP contribution in [0.2, 0.25) is 0 Å². The number of aliphatic hydroxyl groups excluding tert-OH is 1. The lowest BCUT2D eigenvalue weighted by molar-refractivity contribution is -0.139. The van der Waals surface area contributed by atoms with Gasteiger partial charge in [-0.25, -0.2) is 0 Å². The number of para-hydroxylation sites is 1. The lowest BCUT2D eigenvalue weighted by atomic mass is 9.78. The van der Waals surface area contributed by atoms with Crippen molar-refractivity contribution in [3.05, 3.63) is 78.9 Å². The summed E-state index contributed by atoms with van der Waals surface area (Å²) < 4.78 is -0.908. The van der Waals surface area contributed by atoms with Crippen molar-refractivity contribution in [2.24, 2.45) is 11.8 Å². The molecule has 6 rings (SSSR count). The number of amides is 3. The normalized spacial score (nSPS) is 28.9. The van der Waals surface area contributed by atoms with E-state index in [9.17, 15) is 19.5 Å². The number of aliphatic hydroxyl groups is 1. The minimum Gasteiger partial charge on any atom is -0.395 e. The molecule has 0 aromatic heterocycles. The highest BCUT2D eigenvalue weighted by Crippen LogP contribution is 2.61. The van der Waals surface area contributed by atoms with Crippen LogP contribution in [0.5, 0.6) is 0 Å². The molecule has 5 atom stereocenters. The van der Waals surface area contributed by atoms with Gasteiger partial charge in [0.05, 0.1) is 23.2 Å². The Morgan fingerprint density at radius 1 is 0.878 bits per heavy atom. The fraction of sp³-hybridized carbons (Fsp3) is 0.406. The molecule has 2 saturated heterocycles. The van der Waals surface area contributed by atoms with Gasteiger partial charge < -0.3 is 24.7 Å². The maximum absolute atomic E-state index is 14.4. The Bertz CT molecular complexity index is 1380. The maximum atomic E-state index is 14.4. The van der Waals surface area contributed by atoms with Gasteiger partial charge in [-0.3, -0.25) is 14.4 Å². The van der Waals surface area contributed by atoms with Gasteiger partial charge >= 0.3 is 0 Å². The molecule has 0 radical (unpaired) electrons. The number of nitrogens with zero attached hydrogens (tertiary/aromatic N) is 4. The van der Waals surface area contributed by atoms with Gasteiger partial charge in [0.15, 0.2) is 0 Å². The molecule has 214 valence electrons. The first-order chi connectivity index (χ1) is 19.9. The zero-order valence-corrected chi connectivity index (χ0v) is 24.2. The van der Waals surface area contributed by atoms with Crippen molar-refractivity contribution < 1.29 is 19.5 Å². The van der Waals surface area contributed by atoms with Gasteiger partial charge in [-0.05, 0) is 50.2 Å². The number of carbonyl (C=O) groups is 3. The van der Waals surface area contributed by atoms with Gasteiger partial charge in [0.25, 0.3) is 5.91 Å². The van der Waals surface area contributed by atoms with E-state index in [2.05, 4.69) is 18.7 Å². The van der Waals surface area contributed by atoms with E-state index in [0.717, 1.165) is 30.2 Å². The second-order valence-electron chi connectivity index (χ2n) is 10.8. The molecule has 9 heteroatoms. The summed E-state index contributed by atoms with van der Waals surface area (Å²) in [6.45, 7) is 6.58. The first-order valence-electron chi connectivity index (χ1n) is 14.4. The van der Waals surface area contributed by atoms with Gasteiger partial charge in [0.1, 0.15) is 6.04 Å². The first-order valence-corrected chi connectivity index (χ1v) is 15.3. The van der Waals surface area contributed by atoms with E-state index in [-0.39, 0.29) is 36.1 Å². The van der Waals surface area contributed by atoms with Crippen LogP contribution in [0.3, 0.4) is 0 Å². The topological polar surface area (TPSA) is 84.4 Å². The zero-order valence-electron chi connectivity index (χ0n) is 23.4. The molecule has 3 amide bonds. The summed E-state index contributed by atoms with van der Waals surface area (Å²) in [6, 6.07) is 16.7. The van der Waals surface area contributed by atoms with Crippen LogP contribution in [-0.2, 0) is 14.4 Å². The molecular formula is C32H36N4O4S. The Labute approximate surface area is 245 Å². The average molecular weight is 573 g/mol. The van der Waals surface area contributed by atoms with Crippen LogP contribution in [0.1, 0.15) is 13.8 Å². The number of fused-ring (bicyclic) bond motifs is 2. The minimum absolute atomic E-state index is 0.0421. The highest BCUT2D eigenvalue weighted by Gasteiger charge is 2.71. The molecule has 4 aliphatic heterocycles. The molecule has 4 heterocycles. The van der Waals surface area contributed by atoms with Crippen molar-refractivity contribution in [2.45, 2.75) is 29.9 Å². The smallest absolute Gasteiger partial charge is 0.251 e. The molecule has 2 fully saturated rings. The van der Waals surface area contributed by atoms with Crippen molar-refractivity contribution in [2.75, 3.05) is 54.0 Å². The predicted molar refractivity (Wildman–Crippen MR) is 163 cm³/mol. The molecular weight excluding hydrogens is 536 g/mol. The highest BCUT2D eigenvalue weighted by atomic mass is 32.2. The van der Waals surface area contributed by atoms with Gasteiger partial charge in [0, 0.05) is 55.0 Å². The third kappa shape index (κ3) is 4.37. The Balaban J connectivity index is 1.38. The van der Waals surface area contributed by atoms with E-state index in [1.807, 2.05) is 78.9 Å². The Morgan fingerprint density at radius 3 is 2.22 bits per heavy atom. The molecule has 0 saturated carbocycles. The highest BCUT2D eigenvalue weighted by molar-refractivity contribution is 8.02. The molecule has 4 aliphatic rings. The summed E-state index contributed by atoms with van der Waals surface area (Å²) in [6.07, 6.45) is 8.02. The van der Waals surface area contributed by atoms with Crippen LogP contribution in [0, 0.1) is 11.8 Å². The quantitative estimate of drug-likeness (QED) is 0.513. The van der Waals surface area contributed by atoms with Crippen LogP contribution in [-0.4, -0.2) is 83.1 Å². The number of benzene rings is 2. The molecule has 2 aromatic rings. The summed E-state index contributed by atoms with van der Waals surface area (Å²) in [7, 11) is 0. The van der Waals surface area contributed by atoms with E-state index in [1.165, 1.54) is 4.90 Å². The molecule has 0 bridgehead atoms. The fourth-order valence-corrected chi connectivity index (χ4v) is 9.00. The minimum atomic E-state index is -0.908. The summed E-state index contributed by atoms with van der Waals surface area (Å²) in [4.78, 5) is 50.0. The van der Waals surface area contributed by atoms with E-state index in [0.29, 0.717) is 13.1 Å². The van der Waals surface area contributed by atoms with E-state index < -0.39 is 22.6 Å². The first kappa shape index (κ1) is 27.6. The lowest BCUT2D eigenvalue weighted by Gasteiger charge is -2.35. The average Bonchev–Trinajstić information content (AvgIpc) is 3.29. The predicted octanol–water partition coefficient (Wildman–Crippen LogP) is 3.33. The summed E-state index contributed by atoms with van der Waals surface area (Å²) in [5, 5.41) is 9.72. The number of rotatable bonds is 7. The second kappa shape index (κ2) is 11.0. The van der Waals surface area contributed by atoms with E-state index >= 15 is 0 Å². The zero-order chi connectivity index (χ0) is 28.7. The molecule has 1 unspecified atom stereocenters. The number of carbonyl (C=O) groups excluding carboxylic acids is 3. The third-order valence-electron chi connectivity index (χ3n) is 8.86. The van der Waals surface area contributed by atoms with Gasteiger partial charge in [-0.15, -0.1) is 11.8 Å². The van der Waals surface area contributed by atoms with Crippen LogP contribution in [0.15, 0.2) is 78.9 Å². The largest absolute Gasteiger partial charge is 0.395 e. The number of anilines is 3. The van der Waals surface area contributed by atoms with Gasteiger partial charge in [-0.2, -0.15) is 0 Å². The maximum Gasteiger partial charge on any atom is 0.251 e. The van der Waals surface area contributed by atoms with Crippen LogP contribution < -0.4 is 14.7 Å². The van der Waals surface area contributed by atoms with Crippen LogP contribution >= 0.6 is 11.8 Å². The summed E-state index contributed by atoms with van der Waals surface area (Å²) >= 11 is 1.55. The molecule has 1 spiro atoms. The van der Waals surface area contributed by atoms with Crippen molar-refractivity contribution in [1.29, 1.82) is 0 Å². The SMILES string of the molecule is CCN(CC)c1ccc(N2CC=C[C@]34S[C@@H]5C=CCN(c6ccccc6)C(=O)[C@@H]5[C@H]3C(=O)N(CCO)C4C2=O)cc1. The van der Waals surface area contributed by atoms with E-state index in [4.69, 9.17) is 0 Å². The summed E-state index contributed by atoms with van der Waals surface area (Å²) in [5.74, 6) is -1.85. The number of likely N-dealkylation sites (tertiary alicyclic amines) is 1.